The van der Waals surface area contributed by atoms with Crippen molar-refractivity contribution in [2.45, 2.75) is 32.2 Å². The van der Waals surface area contributed by atoms with E-state index in [2.05, 4.69) is 13.8 Å². The minimum absolute atomic E-state index is 0.00782. The molecule has 64 valence electrons. The quantitative estimate of drug-likeness (QED) is 0.611. The first-order chi connectivity index (χ1) is 5.24. The highest BCUT2D eigenvalue weighted by atomic mass is 16.6. The van der Waals surface area contributed by atoms with Crippen LogP contribution in [0.1, 0.15) is 20.3 Å². The van der Waals surface area contributed by atoms with Crippen molar-refractivity contribution in [2.75, 3.05) is 13.2 Å². The molecule has 0 bridgehead atoms. The Morgan fingerprint density at radius 2 is 2.36 bits per heavy atom. The summed E-state index contributed by atoms with van der Waals surface area (Å²) in [4.78, 5) is 0. The first kappa shape index (κ1) is 9.04. The van der Waals surface area contributed by atoms with Crippen molar-refractivity contribution < 1.29 is 9.31 Å². The molecule has 1 aliphatic heterocycles. The molecule has 0 spiro atoms. The predicted octanol–water partition coefficient (Wildman–Crippen LogP) is 0.649. The summed E-state index contributed by atoms with van der Waals surface area (Å²) in [5.74, 6) is 0.442. The number of rotatable bonds is 3. The lowest BCUT2D eigenvalue weighted by Gasteiger charge is -2.09. The third kappa shape index (κ3) is 2.47. The summed E-state index contributed by atoms with van der Waals surface area (Å²) in [5, 5.41) is 0. The fourth-order valence-corrected chi connectivity index (χ4v) is 1.16. The van der Waals surface area contributed by atoms with Crippen molar-refractivity contribution in [1.29, 1.82) is 0 Å². The van der Waals surface area contributed by atoms with Crippen LogP contribution in [0.3, 0.4) is 0 Å². The summed E-state index contributed by atoms with van der Waals surface area (Å²) >= 11 is 0. The van der Waals surface area contributed by atoms with Gasteiger partial charge in [0.25, 0.3) is 0 Å². The molecule has 1 saturated heterocycles. The van der Waals surface area contributed by atoms with Gasteiger partial charge in [0.05, 0.1) is 12.7 Å². The average molecular weight is 157 g/mol. The van der Waals surface area contributed by atoms with Gasteiger partial charge in [-0.1, -0.05) is 13.8 Å². The van der Waals surface area contributed by atoms with Crippen LogP contribution in [0.5, 0.6) is 0 Å². The largest absolute Gasteiger partial charge is 0.459 e. The normalized spacial score (nSPS) is 25.1. The van der Waals surface area contributed by atoms with E-state index in [4.69, 9.17) is 15.0 Å². The molecule has 0 aromatic rings. The van der Waals surface area contributed by atoms with Crippen molar-refractivity contribution in [1.82, 2.24) is 0 Å². The maximum Gasteiger partial charge on any atom is 0.459 e. The second-order valence-corrected chi connectivity index (χ2v) is 3.28. The van der Waals surface area contributed by atoms with Crippen LogP contribution >= 0.6 is 0 Å². The Labute approximate surface area is 68.4 Å². The molecule has 0 saturated carbocycles. The smallest absolute Gasteiger partial charge is 0.408 e. The van der Waals surface area contributed by atoms with Gasteiger partial charge in [0.1, 0.15) is 0 Å². The summed E-state index contributed by atoms with van der Waals surface area (Å²) in [6.07, 6.45) is 1.14. The highest BCUT2D eigenvalue weighted by molar-refractivity contribution is 6.46. The van der Waals surface area contributed by atoms with Gasteiger partial charge >= 0.3 is 7.12 Å². The van der Waals surface area contributed by atoms with E-state index in [9.17, 15) is 0 Å². The van der Waals surface area contributed by atoms with Crippen LogP contribution in [-0.4, -0.2) is 26.4 Å². The van der Waals surface area contributed by atoms with Gasteiger partial charge in [0.2, 0.25) is 0 Å². The molecule has 0 aliphatic carbocycles. The van der Waals surface area contributed by atoms with Crippen LogP contribution < -0.4 is 5.73 Å². The van der Waals surface area contributed by atoms with Crippen LogP contribution in [0, 0.1) is 0 Å². The van der Waals surface area contributed by atoms with Gasteiger partial charge in [0, 0.05) is 0 Å². The first-order valence-corrected chi connectivity index (χ1v) is 4.21. The zero-order valence-corrected chi connectivity index (χ0v) is 7.25. The SMILES string of the molecule is CC(C)B1OCC(CCN)O1. The Balaban J connectivity index is 2.23. The molecule has 1 fully saturated rings. The van der Waals surface area contributed by atoms with Crippen LogP contribution in [0.15, 0.2) is 0 Å². The van der Waals surface area contributed by atoms with Crippen molar-refractivity contribution in [3.63, 3.8) is 0 Å². The van der Waals surface area contributed by atoms with Crippen LogP contribution in [-0.2, 0) is 9.31 Å². The van der Waals surface area contributed by atoms with E-state index in [1.54, 1.807) is 0 Å². The standard InChI is InChI=1S/C7H16BNO2/c1-6(2)8-10-5-7(11-8)3-4-9/h6-7H,3-5,9H2,1-2H3. The van der Waals surface area contributed by atoms with Gasteiger partial charge in [0.15, 0.2) is 0 Å². The maximum absolute atomic E-state index is 5.56. The van der Waals surface area contributed by atoms with Gasteiger partial charge in [-0.15, -0.1) is 0 Å². The molecule has 1 atom stereocenters. The molecule has 2 N–H and O–H groups in total. The topological polar surface area (TPSA) is 44.5 Å². The van der Waals surface area contributed by atoms with Crippen LogP contribution in [0.2, 0.25) is 5.82 Å². The second kappa shape index (κ2) is 4.09. The fourth-order valence-electron chi connectivity index (χ4n) is 1.16. The van der Waals surface area contributed by atoms with E-state index >= 15 is 0 Å². The third-order valence-electron chi connectivity index (χ3n) is 1.81. The van der Waals surface area contributed by atoms with Gasteiger partial charge < -0.3 is 15.0 Å². The summed E-state index contributed by atoms with van der Waals surface area (Å²) in [7, 11) is -0.00782. The molecule has 0 amide bonds. The Morgan fingerprint density at radius 1 is 1.64 bits per heavy atom. The molecule has 1 unspecified atom stereocenters. The van der Waals surface area contributed by atoms with E-state index in [0.717, 1.165) is 6.42 Å². The summed E-state index contributed by atoms with van der Waals surface area (Å²) in [6, 6.07) is 0. The lowest BCUT2D eigenvalue weighted by molar-refractivity contribution is 0.223. The molecule has 11 heavy (non-hydrogen) atoms. The minimum atomic E-state index is -0.00782. The van der Waals surface area contributed by atoms with Crippen molar-refractivity contribution in [3.05, 3.63) is 0 Å². The number of hydrogen-bond donors (Lipinski definition) is 1. The minimum Gasteiger partial charge on any atom is -0.408 e. The van der Waals surface area contributed by atoms with E-state index in [1.807, 2.05) is 0 Å². The van der Waals surface area contributed by atoms with Crippen molar-refractivity contribution in [3.8, 4) is 0 Å². The number of hydrogen-bond acceptors (Lipinski definition) is 3. The lowest BCUT2D eigenvalue weighted by Crippen LogP contribution is -2.21. The van der Waals surface area contributed by atoms with Gasteiger partial charge in [-0.2, -0.15) is 0 Å². The second-order valence-electron chi connectivity index (χ2n) is 3.28. The molecule has 1 aliphatic rings. The van der Waals surface area contributed by atoms with Crippen LogP contribution in [0.25, 0.3) is 0 Å². The van der Waals surface area contributed by atoms with E-state index < -0.39 is 0 Å². The molecular weight excluding hydrogens is 141 g/mol. The van der Waals surface area contributed by atoms with Gasteiger partial charge in [-0.05, 0) is 18.8 Å². The first-order valence-electron chi connectivity index (χ1n) is 4.21. The molecule has 3 nitrogen and oxygen atoms in total. The van der Waals surface area contributed by atoms with E-state index in [-0.39, 0.29) is 13.2 Å². The Morgan fingerprint density at radius 3 is 2.82 bits per heavy atom. The van der Waals surface area contributed by atoms with Gasteiger partial charge in [-0.3, -0.25) is 0 Å². The molecule has 4 heteroatoms. The lowest BCUT2D eigenvalue weighted by atomic mass is 9.75. The maximum atomic E-state index is 5.56. The molecule has 1 heterocycles. The predicted molar refractivity (Wildman–Crippen MR) is 45.3 cm³/mol. The summed E-state index contributed by atoms with van der Waals surface area (Å²) in [5.41, 5.74) is 5.39. The molecule has 0 radical (unpaired) electrons. The van der Waals surface area contributed by atoms with Crippen molar-refractivity contribution in [2.24, 2.45) is 5.73 Å². The van der Waals surface area contributed by atoms with E-state index in [1.165, 1.54) is 0 Å². The summed E-state index contributed by atoms with van der Waals surface area (Å²) in [6.45, 7) is 5.57. The zero-order chi connectivity index (χ0) is 8.27. The highest BCUT2D eigenvalue weighted by Gasteiger charge is 2.33. The van der Waals surface area contributed by atoms with Gasteiger partial charge in [-0.25, -0.2) is 0 Å². The summed E-state index contributed by atoms with van der Waals surface area (Å²) < 4.78 is 11.0. The van der Waals surface area contributed by atoms with E-state index in [0.29, 0.717) is 19.0 Å². The Kier molecular flexibility index (Phi) is 3.36. The highest BCUT2D eigenvalue weighted by Crippen LogP contribution is 2.19. The van der Waals surface area contributed by atoms with Crippen molar-refractivity contribution >= 4 is 7.12 Å². The molecular formula is C7H16BNO2. The Bertz CT molecular complexity index is 121. The third-order valence-corrected chi connectivity index (χ3v) is 1.81. The van der Waals surface area contributed by atoms with Crippen LogP contribution in [0.4, 0.5) is 0 Å². The molecule has 1 rings (SSSR count). The monoisotopic (exact) mass is 157 g/mol. The average Bonchev–Trinajstić information content (AvgIpc) is 2.37. The number of nitrogens with two attached hydrogens (primary N) is 1. The fraction of sp³-hybridized carbons (Fsp3) is 1.00. The molecule has 0 aromatic heterocycles. The molecule has 0 aromatic carbocycles. The Hall–Kier alpha value is -0.0551. The zero-order valence-electron chi connectivity index (χ0n) is 7.25.